The molecule has 0 saturated heterocycles. The van der Waals surface area contributed by atoms with Crippen molar-refractivity contribution < 1.29 is 23.5 Å². The predicted molar refractivity (Wildman–Crippen MR) is 78.7 cm³/mol. The van der Waals surface area contributed by atoms with Crippen LogP contribution in [0, 0.1) is 5.92 Å². The molecule has 0 aliphatic rings. The Morgan fingerprint density at radius 3 is 2.25 bits per heavy atom. The molecule has 0 rings (SSSR count). The standard InChI is InChI=1S/C13H27NO5Si/c1-5-18-20(4,19-6-2)9-7-8-14-13(17)11(3)10-12(15)16/h11H,5-10H2,1-4H3,(H,14,17)(H,15,16). The lowest BCUT2D eigenvalue weighted by molar-refractivity contribution is -0.140. The fourth-order valence-corrected chi connectivity index (χ4v) is 4.36. The Morgan fingerprint density at radius 1 is 1.25 bits per heavy atom. The monoisotopic (exact) mass is 305 g/mol. The van der Waals surface area contributed by atoms with Crippen LogP contribution in [0.4, 0.5) is 0 Å². The van der Waals surface area contributed by atoms with Crippen molar-refractivity contribution in [1.29, 1.82) is 0 Å². The van der Waals surface area contributed by atoms with Gasteiger partial charge in [-0.25, -0.2) is 0 Å². The van der Waals surface area contributed by atoms with E-state index in [0.717, 1.165) is 12.5 Å². The Hall–Kier alpha value is -0.923. The van der Waals surface area contributed by atoms with Crippen molar-refractivity contribution in [2.75, 3.05) is 19.8 Å². The second-order valence-corrected chi connectivity index (χ2v) is 8.24. The Balaban J connectivity index is 3.99. The smallest absolute Gasteiger partial charge is 0.334 e. The fraction of sp³-hybridized carbons (Fsp3) is 0.846. The van der Waals surface area contributed by atoms with Crippen molar-refractivity contribution >= 4 is 20.4 Å². The Bertz CT molecular complexity index is 305. The van der Waals surface area contributed by atoms with E-state index >= 15 is 0 Å². The first-order valence-corrected chi connectivity index (χ1v) is 9.64. The first-order chi connectivity index (χ1) is 9.34. The van der Waals surface area contributed by atoms with Crippen LogP contribution in [0.15, 0.2) is 0 Å². The van der Waals surface area contributed by atoms with Crippen LogP contribution in [-0.4, -0.2) is 45.3 Å². The lowest BCUT2D eigenvalue weighted by Crippen LogP contribution is -2.40. The van der Waals surface area contributed by atoms with Crippen LogP contribution in [0.1, 0.15) is 33.6 Å². The van der Waals surface area contributed by atoms with E-state index < -0.39 is 20.4 Å². The molecule has 0 aromatic carbocycles. The van der Waals surface area contributed by atoms with Crippen LogP contribution in [0.5, 0.6) is 0 Å². The maximum absolute atomic E-state index is 11.6. The largest absolute Gasteiger partial charge is 0.481 e. The highest BCUT2D eigenvalue weighted by Crippen LogP contribution is 2.15. The maximum Gasteiger partial charge on any atom is 0.334 e. The van der Waals surface area contributed by atoms with Gasteiger partial charge in [0.2, 0.25) is 5.91 Å². The minimum atomic E-state index is -2.12. The van der Waals surface area contributed by atoms with Gasteiger partial charge in [-0.1, -0.05) is 6.92 Å². The summed E-state index contributed by atoms with van der Waals surface area (Å²) in [5.74, 6) is -1.68. The molecule has 7 heteroatoms. The number of hydrogen-bond donors (Lipinski definition) is 2. The molecule has 0 aromatic rings. The fourth-order valence-electron chi connectivity index (χ4n) is 1.95. The predicted octanol–water partition coefficient (Wildman–Crippen LogP) is 1.75. The van der Waals surface area contributed by atoms with Crippen molar-refractivity contribution in [3.63, 3.8) is 0 Å². The zero-order valence-corrected chi connectivity index (χ0v) is 13.9. The number of carboxylic acids is 1. The van der Waals surface area contributed by atoms with E-state index in [0.29, 0.717) is 19.8 Å². The molecule has 6 nitrogen and oxygen atoms in total. The van der Waals surface area contributed by atoms with Gasteiger partial charge in [0.25, 0.3) is 0 Å². The van der Waals surface area contributed by atoms with Gasteiger partial charge in [-0.15, -0.1) is 0 Å². The third-order valence-corrected chi connectivity index (χ3v) is 6.00. The average molecular weight is 305 g/mol. The number of rotatable bonds is 11. The van der Waals surface area contributed by atoms with Crippen LogP contribution in [0.2, 0.25) is 12.6 Å². The van der Waals surface area contributed by atoms with Crippen LogP contribution in [0.25, 0.3) is 0 Å². The van der Waals surface area contributed by atoms with E-state index in [9.17, 15) is 9.59 Å². The second-order valence-electron chi connectivity index (χ2n) is 4.89. The third kappa shape index (κ3) is 8.29. The van der Waals surface area contributed by atoms with Crippen molar-refractivity contribution in [1.82, 2.24) is 5.32 Å². The third-order valence-electron chi connectivity index (χ3n) is 2.93. The molecule has 0 radical (unpaired) electrons. The lowest BCUT2D eigenvalue weighted by atomic mass is 10.1. The SMILES string of the molecule is CCO[Si](C)(CCCNC(=O)C(C)CC(=O)O)OCC. The number of amides is 1. The molecule has 118 valence electrons. The minimum Gasteiger partial charge on any atom is -0.481 e. The highest BCUT2D eigenvalue weighted by Gasteiger charge is 2.29. The quantitative estimate of drug-likeness (QED) is 0.449. The number of carbonyl (C=O) groups excluding carboxylic acids is 1. The summed E-state index contributed by atoms with van der Waals surface area (Å²) in [5.41, 5.74) is 0. The van der Waals surface area contributed by atoms with Gasteiger partial charge in [0, 0.05) is 25.7 Å². The normalized spacial score (nSPS) is 13.0. The lowest BCUT2D eigenvalue weighted by Gasteiger charge is -2.26. The van der Waals surface area contributed by atoms with Crippen LogP contribution in [0.3, 0.4) is 0 Å². The number of aliphatic carboxylic acids is 1. The van der Waals surface area contributed by atoms with E-state index in [1.165, 1.54) is 0 Å². The van der Waals surface area contributed by atoms with Gasteiger partial charge >= 0.3 is 14.5 Å². The zero-order chi connectivity index (χ0) is 15.6. The van der Waals surface area contributed by atoms with Crippen molar-refractivity contribution in [2.45, 2.75) is 46.2 Å². The highest BCUT2D eigenvalue weighted by molar-refractivity contribution is 6.66. The van der Waals surface area contributed by atoms with Crippen molar-refractivity contribution in [2.24, 2.45) is 5.92 Å². The Morgan fingerprint density at radius 2 is 1.80 bits per heavy atom. The summed E-state index contributed by atoms with van der Waals surface area (Å²) < 4.78 is 11.4. The molecule has 1 unspecified atom stereocenters. The Labute approximate surface area is 122 Å². The molecule has 0 fully saturated rings. The summed E-state index contributed by atoms with van der Waals surface area (Å²) in [4.78, 5) is 22.1. The minimum absolute atomic E-state index is 0.143. The van der Waals surface area contributed by atoms with Crippen molar-refractivity contribution in [3.05, 3.63) is 0 Å². The number of carboxylic acid groups (broad SMARTS) is 1. The molecule has 0 spiro atoms. The van der Waals surface area contributed by atoms with E-state index in [2.05, 4.69) is 5.32 Å². The van der Waals surface area contributed by atoms with E-state index in [4.69, 9.17) is 14.0 Å². The summed E-state index contributed by atoms with van der Waals surface area (Å²) in [6.45, 7) is 9.30. The molecular weight excluding hydrogens is 278 g/mol. The number of nitrogens with one attached hydrogen (secondary N) is 1. The summed E-state index contributed by atoms with van der Waals surface area (Å²) in [7, 11) is -2.12. The molecule has 1 amide bonds. The van der Waals surface area contributed by atoms with Gasteiger partial charge < -0.3 is 19.3 Å². The highest BCUT2D eigenvalue weighted by atomic mass is 28.4. The maximum atomic E-state index is 11.6. The molecule has 0 saturated carbocycles. The van der Waals surface area contributed by atoms with Gasteiger partial charge in [-0.05, 0) is 32.9 Å². The van der Waals surface area contributed by atoms with E-state index in [1.54, 1.807) is 6.92 Å². The number of hydrogen-bond acceptors (Lipinski definition) is 4. The molecule has 0 aliphatic heterocycles. The molecule has 1 atom stereocenters. The molecule has 0 aliphatic carbocycles. The van der Waals surface area contributed by atoms with Crippen LogP contribution in [-0.2, 0) is 18.4 Å². The summed E-state index contributed by atoms with van der Waals surface area (Å²) in [6, 6.07) is 0.808. The second kappa shape index (κ2) is 9.90. The van der Waals surface area contributed by atoms with Gasteiger partial charge in [-0.2, -0.15) is 0 Å². The molecule has 2 N–H and O–H groups in total. The summed E-state index contributed by atoms with van der Waals surface area (Å²) in [5, 5.41) is 11.4. The van der Waals surface area contributed by atoms with Gasteiger partial charge in [-0.3, -0.25) is 9.59 Å². The topological polar surface area (TPSA) is 84.9 Å². The van der Waals surface area contributed by atoms with Gasteiger partial charge in [0.1, 0.15) is 0 Å². The van der Waals surface area contributed by atoms with Crippen LogP contribution < -0.4 is 5.32 Å². The molecular formula is C13H27NO5Si. The van der Waals surface area contributed by atoms with Gasteiger partial charge in [0.15, 0.2) is 0 Å². The summed E-state index contributed by atoms with van der Waals surface area (Å²) in [6.07, 6.45) is 0.629. The first kappa shape index (κ1) is 19.1. The van der Waals surface area contributed by atoms with Crippen molar-refractivity contribution in [3.8, 4) is 0 Å². The molecule has 0 bridgehead atoms. The van der Waals surface area contributed by atoms with Crippen LogP contribution >= 0.6 is 0 Å². The molecule has 0 heterocycles. The average Bonchev–Trinajstić information content (AvgIpc) is 2.34. The molecule has 20 heavy (non-hydrogen) atoms. The Kier molecular flexibility index (Phi) is 9.44. The van der Waals surface area contributed by atoms with Gasteiger partial charge in [0.05, 0.1) is 6.42 Å². The molecule has 0 aromatic heterocycles. The van der Waals surface area contributed by atoms with E-state index in [-0.39, 0.29) is 12.3 Å². The summed E-state index contributed by atoms with van der Waals surface area (Å²) >= 11 is 0. The zero-order valence-electron chi connectivity index (χ0n) is 12.9. The number of carbonyl (C=O) groups is 2. The first-order valence-electron chi connectivity index (χ1n) is 7.12. The van der Waals surface area contributed by atoms with E-state index in [1.807, 2.05) is 20.4 Å².